The molecule has 202 valence electrons. The molecule has 5 rings (SSSR count). The molecule has 0 spiro atoms. The molecule has 5 nitrogen and oxygen atoms in total. The zero-order valence-corrected chi connectivity index (χ0v) is 22.7. The lowest BCUT2D eigenvalue weighted by atomic mass is 9.97. The molecule has 3 aromatic rings. The first kappa shape index (κ1) is 26.5. The van der Waals surface area contributed by atoms with Crippen molar-refractivity contribution in [3.63, 3.8) is 0 Å². The second-order valence-corrected chi connectivity index (χ2v) is 10.7. The number of nitrogens with zero attached hydrogens (tertiary/aromatic N) is 4. The summed E-state index contributed by atoms with van der Waals surface area (Å²) in [6.45, 7) is 10.1. The number of anilines is 2. The van der Waals surface area contributed by atoms with Crippen LogP contribution in [0.25, 0.3) is 11.4 Å². The molecule has 0 bridgehead atoms. The van der Waals surface area contributed by atoms with Crippen molar-refractivity contribution >= 4 is 11.5 Å². The molecule has 1 fully saturated rings. The third-order valence-corrected chi connectivity index (χ3v) is 8.05. The monoisotopic (exact) mass is 524 g/mol. The van der Waals surface area contributed by atoms with Crippen LogP contribution >= 0.6 is 0 Å². The van der Waals surface area contributed by atoms with E-state index in [1.807, 2.05) is 17.9 Å². The van der Waals surface area contributed by atoms with E-state index < -0.39 is 11.7 Å². The lowest BCUT2D eigenvalue weighted by Crippen LogP contribution is -2.45. The van der Waals surface area contributed by atoms with Crippen LogP contribution in [0.5, 0.6) is 0 Å². The Labute approximate surface area is 222 Å². The molecular weight excluding hydrogens is 489 g/mol. The minimum absolute atomic E-state index is 0.209. The van der Waals surface area contributed by atoms with Gasteiger partial charge in [0.1, 0.15) is 5.82 Å². The van der Waals surface area contributed by atoms with Gasteiger partial charge in [0.2, 0.25) is 0 Å². The van der Waals surface area contributed by atoms with E-state index in [-0.39, 0.29) is 12.1 Å². The second-order valence-electron chi connectivity index (χ2n) is 10.7. The van der Waals surface area contributed by atoms with Crippen LogP contribution in [0.2, 0.25) is 0 Å². The molecule has 0 radical (unpaired) electrons. The number of benzene rings is 2. The maximum absolute atomic E-state index is 13.5. The Morgan fingerprint density at radius 2 is 1.71 bits per heavy atom. The van der Waals surface area contributed by atoms with Gasteiger partial charge >= 0.3 is 6.18 Å². The summed E-state index contributed by atoms with van der Waals surface area (Å²) in [4.78, 5) is 14.6. The van der Waals surface area contributed by atoms with Gasteiger partial charge in [0.25, 0.3) is 0 Å². The molecule has 1 aromatic heterocycles. The molecule has 1 unspecified atom stereocenters. The lowest BCUT2D eigenvalue weighted by molar-refractivity contribution is -0.137. The van der Waals surface area contributed by atoms with Crippen molar-refractivity contribution in [3.05, 3.63) is 69.9 Å². The number of aromatic nitrogens is 2. The number of alkyl halides is 3. The van der Waals surface area contributed by atoms with E-state index in [2.05, 4.69) is 37.8 Å². The molecule has 0 N–H and O–H groups in total. The molecule has 2 atom stereocenters. The van der Waals surface area contributed by atoms with E-state index in [0.29, 0.717) is 25.2 Å². The summed E-state index contributed by atoms with van der Waals surface area (Å²) in [6.07, 6.45) is -1.74. The Balaban J connectivity index is 1.60. The van der Waals surface area contributed by atoms with Gasteiger partial charge in [0, 0.05) is 56.0 Å². The molecule has 2 aliphatic heterocycles. The van der Waals surface area contributed by atoms with E-state index in [9.17, 15) is 13.2 Å². The van der Waals surface area contributed by atoms with Crippen LogP contribution in [0.4, 0.5) is 24.7 Å². The van der Waals surface area contributed by atoms with Crippen molar-refractivity contribution in [1.82, 2.24) is 9.97 Å². The average molecular weight is 525 g/mol. The number of hydrogen-bond donors (Lipinski definition) is 0. The van der Waals surface area contributed by atoms with E-state index in [1.165, 1.54) is 6.07 Å². The molecule has 0 saturated carbocycles. The Kier molecular flexibility index (Phi) is 7.11. The third kappa shape index (κ3) is 4.98. The predicted molar refractivity (Wildman–Crippen MR) is 145 cm³/mol. The molecule has 3 heterocycles. The highest BCUT2D eigenvalue weighted by Crippen LogP contribution is 2.38. The highest BCUT2D eigenvalue weighted by molar-refractivity contribution is 5.68. The van der Waals surface area contributed by atoms with Crippen LogP contribution in [0.15, 0.2) is 36.4 Å². The summed E-state index contributed by atoms with van der Waals surface area (Å²) in [5, 5.41) is 0. The first-order valence-corrected chi connectivity index (χ1v) is 13.3. The quantitative estimate of drug-likeness (QED) is 0.382. The van der Waals surface area contributed by atoms with Gasteiger partial charge < -0.3 is 14.5 Å². The molecule has 38 heavy (non-hydrogen) atoms. The van der Waals surface area contributed by atoms with Crippen LogP contribution in [0, 0.1) is 20.8 Å². The summed E-state index contributed by atoms with van der Waals surface area (Å²) in [7, 11) is 1.76. The second kappa shape index (κ2) is 10.2. The third-order valence-electron chi connectivity index (χ3n) is 8.05. The number of methoxy groups -OCH3 is 1. The van der Waals surface area contributed by atoms with Gasteiger partial charge in [-0.05, 0) is 69.4 Å². The van der Waals surface area contributed by atoms with Crippen LogP contribution in [-0.2, 0) is 23.9 Å². The topological polar surface area (TPSA) is 41.5 Å². The maximum atomic E-state index is 13.5. The van der Waals surface area contributed by atoms with Crippen molar-refractivity contribution < 1.29 is 17.9 Å². The van der Waals surface area contributed by atoms with Crippen molar-refractivity contribution in [2.24, 2.45) is 0 Å². The van der Waals surface area contributed by atoms with Gasteiger partial charge in [-0.1, -0.05) is 24.3 Å². The molecule has 8 heteroatoms. The molecule has 0 amide bonds. The summed E-state index contributed by atoms with van der Waals surface area (Å²) in [5.74, 6) is 1.61. The fourth-order valence-corrected chi connectivity index (χ4v) is 5.90. The number of fused-ring (bicyclic) bond motifs is 1. The smallest absolute Gasteiger partial charge is 0.381 e. The standard InChI is InChI=1S/C30H35F3N4O/c1-18-9-10-22(30(31,32)33)16-26(18)36-13-12-25-24(17-36)29(37-14-11-23(38-5)15-21(37)4)35-28(34-25)27-19(2)7-6-8-20(27)3/h6-10,16,21,23H,11-15,17H2,1-5H3/t21?,23-/m1/s1. The van der Waals surface area contributed by atoms with E-state index >= 15 is 0 Å². The number of ether oxygens (including phenoxy) is 1. The van der Waals surface area contributed by atoms with Gasteiger partial charge in [0.05, 0.1) is 17.4 Å². The zero-order valence-electron chi connectivity index (χ0n) is 22.7. The molecule has 1 saturated heterocycles. The van der Waals surface area contributed by atoms with Crippen LogP contribution in [-0.4, -0.2) is 42.3 Å². The Hall–Kier alpha value is -3.13. The molecule has 2 aliphatic rings. The minimum atomic E-state index is -4.38. The fraction of sp³-hybridized carbons (Fsp3) is 0.467. The van der Waals surface area contributed by atoms with Gasteiger partial charge in [-0.25, -0.2) is 9.97 Å². The Morgan fingerprint density at radius 3 is 2.37 bits per heavy atom. The molecule has 0 aliphatic carbocycles. The van der Waals surface area contributed by atoms with E-state index in [0.717, 1.165) is 70.6 Å². The highest BCUT2D eigenvalue weighted by Gasteiger charge is 2.34. The summed E-state index contributed by atoms with van der Waals surface area (Å²) < 4.78 is 46.2. The van der Waals surface area contributed by atoms with E-state index in [4.69, 9.17) is 14.7 Å². The number of hydrogen-bond acceptors (Lipinski definition) is 5. The zero-order chi connectivity index (χ0) is 27.2. The van der Waals surface area contributed by atoms with E-state index in [1.54, 1.807) is 13.2 Å². The van der Waals surface area contributed by atoms with Crippen molar-refractivity contribution in [3.8, 4) is 11.4 Å². The van der Waals surface area contributed by atoms with Crippen molar-refractivity contribution in [2.75, 3.05) is 30.0 Å². The summed E-state index contributed by atoms with van der Waals surface area (Å²) in [5.41, 5.74) is 6.10. The number of halogens is 3. The fourth-order valence-electron chi connectivity index (χ4n) is 5.90. The van der Waals surface area contributed by atoms with Gasteiger partial charge in [-0.3, -0.25) is 0 Å². The van der Waals surface area contributed by atoms with Gasteiger partial charge in [-0.15, -0.1) is 0 Å². The van der Waals surface area contributed by atoms with Crippen molar-refractivity contribution in [1.29, 1.82) is 0 Å². The summed E-state index contributed by atoms with van der Waals surface area (Å²) >= 11 is 0. The average Bonchev–Trinajstić information content (AvgIpc) is 2.87. The summed E-state index contributed by atoms with van der Waals surface area (Å²) in [6, 6.07) is 10.4. The maximum Gasteiger partial charge on any atom is 0.416 e. The molecular formula is C30H35F3N4O. The first-order valence-electron chi connectivity index (χ1n) is 13.3. The highest BCUT2D eigenvalue weighted by atomic mass is 19.4. The number of rotatable bonds is 4. The number of aryl methyl sites for hydroxylation is 3. The van der Waals surface area contributed by atoms with Crippen LogP contribution < -0.4 is 9.80 Å². The largest absolute Gasteiger partial charge is 0.416 e. The molecule has 2 aromatic carbocycles. The van der Waals surface area contributed by atoms with Crippen molar-refractivity contribution in [2.45, 2.75) is 71.8 Å². The normalized spacial score (nSPS) is 20.0. The SMILES string of the molecule is CO[C@@H]1CCN(c2nc(-c3c(C)cccc3C)nc3c2CN(c2cc(C(F)(F)F)ccc2C)CC3)C(C)C1. The predicted octanol–water partition coefficient (Wildman–Crippen LogP) is 6.65. The lowest BCUT2D eigenvalue weighted by Gasteiger charge is -2.41. The first-order chi connectivity index (χ1) is 18.1. The number of piperidine rings is 1. The van der Waals surface area contributed by atoms with Gasteiger partial charge in [-0.2, -0.15) is 13.2 Å². The minimum Gasteiger partial charge on any atom is -0.381 e. The Bertz CT molecular complexity index is 1320. The van der Waals surface area contributed by atoms with Crippen LogP contribution in [0.1, 0.15) is 53.3 Å². The van der Waals surface area contributed by atoms with Crippen LogP contribution in [0.3, 0.4) is 0 Å². The van der Waals surface area contributed by atoms with Gasteiger partial charge in [0.15, 0.2) is 5.82 Å². The Morgan fingerprint density at radius 1 is 0.974 bits per heavy atom.